The molecule has 6 nitrogen and oxygen atoms in total. The highest BCUT2D eigenvalue weighted by Crippen LogP contribution is 2.38. The first-order valence-corrected chi connectivity index (χ1v) is 12.0. The number of nitrogens with two attached hydrogens (primary N) is 1. The average Bonchev–Trinajstić information content (AvgIpc) is 3.30. The Balaban J connectivity index is 1.26. The lowest BCUT2D eigenvalue weighted by molar-refractivity contribution is -0.117. The summed E-state index contributed by atoms with van der Waals surface area (Å²) in [6, 6.07) is 8.90. The molecule has 7 heteroatoms. The fourth-order valence-corrected chi connectivity index (χ4v) is 5.80. The van der Waals surface area contributed by atoms with E-state index in [4.69, 9.17) is 5.73 Å². The molecule has 166 valence electrons. The van der Waals surface area contributed by atoms with Gasteiger partial charge in [0, 0.05) is 37.6 Å². The van der Waals surface area contributed by atoms with E-state index in [0.29, 0.717) is 23.0 Å². The highest BCUT2D eigenvalue weighted by Gasteiger charge is 2.27. The number of piperazine rings is 1. The van der Waals surface area contributed by atoms with Crippen LogP contribution in [-0.4, -0.2) is 54.3 Å². The van der Waals surface area contributed by atoms with Gasteiger partial charge in [0.2, 0.25) is 5.91 Å². The molecule has 0 spiro atoms. The molecular formula is C24H32N4O2S. The van der Waals surface area contributed by atoms with Crippen molar-refractivity contribution in [3.05, 3.63) is 51.4 Å². The zero-order chi connectivity index (χ0) is 22.0. The maximum Gasteiger partial charge on any atom is 0.251 e. The molecule has 3 N–H and O–H groups in total. The van der Waals surface area contributed by atoms with E-state index in [1.54, 1.807) is 0 Å². The van der Waals surface area contributed by atoms with E-state index in [0.717, 1.165) is 57.5 Å². The predicted molar refractivity (Wildman–Crippen MR) is 126 cm³/mol. The number of nitrogens with zero attached hydrogens (tertiary/aromatic N) is 2. The van der Waals surface area contributed by atoms with Gasteiger partial charge in [0.1, 0.15) is 5.00 Å². The quantitative estimate of drug-likeness (QED) is 0.693. The number of anilines is 1. The lowest BCUT2D eigenvalue weighted by atomic mass is 10.0. The zero-order valence-corrected chi connectivity index (χ0v) is 19.3. The molecule has 2 aliphatic rings. The van der Waals surface area contributed by atoms with Crippen molar-refractivity contribution in [2.75, 3.05) is 38.0 Å². The van der Waals surface area contributed by atoms with E-state index in [1.807, 2.05) is 0 Å². The first-order chi connectivity index (χ1) is 14.9. The molecule has 1 saturated heterocycles. The predicted octanol–water partition coefficient (Wildman–Crippen LogP) is 3.22. The third-order valence-electron chi connectivity index (χ3n) is 6.31. The van der Waals surface area contributed by atoms with Crippen molar-refractivity contribution < 1.29 is 9.59 Å². The molecule has 0 radical (unpaired) electrons. The molecule has 1 aromatic heterocycles. The fraction of sp³-hybridized carbons (Fsp3) is 0.500. The van der Waals surface area contributed by atoms with Gasteiger partial charge in [-0.3, -0.25) is 19.4 Å². The molecule has 2 aromatic rings. The van der Waals surface area contributed by atoms with Gasteiger partial charge in [0.15, 0.2) is 0 Å². The number of hydrogen-bond acceptors (Lipinski definition) is 5. The summed E-state index contributed by atoms with van der Waals surface area (Å²) in [6.45, 7) is 9.33. The van der Waals surface area contributed by atoms with Crippen LogP contribution in [0.4, 0.5) is 5.00 Å². The van der Waals surface area contributed by atoms with Crippen molar-refractivity contribution in [2.45, 2.75) is 45.6 Å². The lowest BCUT2D eigenvalue weighted by Gasteiger charge is -2.34. The summed E-state index contributed by atoms with van der Waals surface area (Å²) in [5.74, 6) is 0.0443. The molecule has 0 atom stereocenters. The van der Waals surface area contributed by atoms with Crippen LogP contribution in [0.5, 0.6) is 0 Å². The van der Waals surface area contributed by atoms with Gasteiger partial charge in [-0.1, -0.05) is 38.1 Å². The molecule has 0 unspecified atom stereocenters. The van der Waals surface area contributed by atoms with Crippen LogP contribution in [-0.2, 0) is 24.2 Å². The molecule has 2 heterocycles. The van der Waals surface area contributed by atoms with Crippen LogP contribution in [0, 0.1) is 0 Å². The summed E-state index contributed by atoms with van der Waals surface area (Å²) >= 11 is 1.51. The van der Waals surface area contributed by atoms with Gasteiger partial charge in [-0.25, -0.2) is 0 Å². The number of hydrogen-bond donors (Lipinski definition) is 2. The van der Waals surface area contributed by atoms with Crippen LogP contribution >= 0.6 is 11.3 Å². The average molecular weight is 441 g/mol. The first kappa shape index (κ1) is 22.0. The SMILES string of the molecule is CC(C)c1ccc(CN2CCN(CC(=O)Nc3sc4c(c3C(N)=O)CCC4)CC2)cc1. The monoisotopic (exact) mass is 440 g/mol. The minimum atomic E-state index is -0.440. The van der Waals surface area contributed by atoms with Crippen LogP contribution in [0.1, 0.15) is 58.1 Å². The van der Waals surface area contributed by atoms with Crippen LogP contribution in [0.15, 0.2) is 24.3 Å². The molecule has 1 fully saturated rings. The van der Waals surface area contributed by atoms with E-state index < -0.39 is 5.91 Å². The topological polar surface area (TPSA) is 78.7 Å². The van der Waals surface area contributed by atoms with E-state index in [1.165, 1.54) is 27.3 Å². The van der Waals surface area contributed by atoms with Crippen molar-refractivity contribution in [2.24, 2.45) is 5.73 Å². The third kappa shape index (κ3) is 5.17. The Bertz CT molecular complexity index is 943. The molecule has 0 saturated carbocycles. The summed E-state index contributed by atoms with van der Waals surface area (Å²) in [4.78, 5) is 30.4. The van der Waals surface area contributed by atoms with Crippen LogP contribution in [0.2, 0.25) is 0 Å². The van der Waals surface area contributed by atoms with Crippen molar-refractivity contribution >= 4 is 28.2 Å². The molecular weight excluding hydrogens is 408 g/mol. The summed E-state index contributed by atoms with van der Waals surface area (Å²) in [5.41, 5.74) is 9.87. The lowest BCUT2D eigenvalue weighted by Crippen LogP contribution is -2.48. The smallest absolute Gasteiger partial charge is 0.251 e. The Morgan fingerprint density at radius 3 is 2.39 bits per heavy atom. The standard InChI is InChI=1S/C24H32N4O2S/c1-16(2)18-8-6-17(7-9-18)14-27-10-12-28(13-11-27)15-21(29)26-24-22(23(25)30)19-4-3-5-20(19)31-24/h6-9,16H,3-5,10-15H2,1-2H3,(H2,25,30)(H,26,29). The van der Waals surface area contributed by atoms with Crippen LogP contribution in [0.25, 0.3) is 0 Å². The number of carbonyl (C=O) groups excluding carboxylic acids is 2. The largest absolute Gasteiger partial charge is 0.365 e. The van der Waals surface area contributed by atoms with Crippen LogP contribution in [0.3, 0.4) is 0 Å². The van der Waals surface area contributed by atoms with Crippen LogP contribution < -0.4 is 11.1 Å². The third-order valence-corrected chi connectivity index (χ3v) is 7.51. The Morgan fingerprint density at radius 1 is 1.06 bits per heavy atom. The number of benzene rings is 1. The maximum atomic E-state index is 12.6. The van der Waals surface area contributed by atoms with E-state index in [2.05, 4.69) is 53.2 Å². The second kappa shape index (κ2) is 9.51. The molecule has 1 aromatic carbocycles. The van der Waals surface area contributed by atoms with Gasteiger partial charge < -0.3 is 11.1 Å². The number of thiophene rings is 1. The normalized spacial score (nSPS) is 17.1. The Kier molecular flexibility index (Phi) is 6.74. The van der Waals surface area contributed by atoms with E-state index >= 15 is 0 Å². The van der Waals surface area contributed by atoms with Crippen molar-refractivity contribution in [3.8, 4) is 0 Å². The highest BCUT2D eigenvalue weighted by atomic mass is 32.1. The number of nitrogens with one attached hydrogen (secondary N) is 1. The fourth-order valence-electron chi connectivity index (χ4n) is 4.49. The van der Waals surface area contributed by atoms with Gasteiger partial charge >= 0.3 is 0 Å². The summed E-state index contributed by atoms with van der Waals surface area (Å²) in [6.07, 6.45) is 2.91. The molecule has 31 heavy (non-hydrogen) atoms. The first-order valence-electron chi connectivity index (χ1n) is 11.2. The summed E-state index contributed by atoms with van der Waals surface area (Å²) in [7, 11) is 0. The number of primary amides is 1. The molecule has 2 amide bonds. The summed E-state index contributed by atoms with van der Waals surface area (Å²) < 4.78 is 0. The van der Waals surface area contributed by atoms with Crippen molar-refractivity contribution in [1.29, 1.82) is 0 Å². The van der Waals surface area contributed by atoms with Crippen molar-refractivity contribution in [1.82, 2.24) is 9.80 Å². The number of rotatable bonds is 7. The second-order valence-electron chi connectivity index (χ2n) is 8.92. The van der Waals surface area contributed by atoms with Gasteiger partial charge in [0.05, 0.1) is 12.1 Å². The van der Waals surface area contributed by atoms with Gasteiger partial charge in [-0.05, 0) is 41.9 Å². The van der Waals surface area contributed by atoms with Gasteiger partial charge in [0.25, 0.3) is 5.91 Å². The van der Waals surface area contributed by atoms with Gasteiger partial charge in [-0.2, -0.15) is 0 Å². The highest BCUT2D eigenvalue weighted by molar-refractivity contribution is 7.17. The summed E-state index contributed by atoms with van der Waals surface area (Å²) in [5, 5.41) is 3.59. The number of carbonyl (C=O) groups is 2. The molecule has 4 rings (SSSR count). The Labute approximate surface area is 188 Å². The number of fused-ring (bicyclic) bond motifs is 1. The molecule has 1 aliphatic carbocycles. The van der Waals surface area contributed by atoms with E-state index in [-0.39, 0.29) is 5.91 Å². The Hall–Kier alpha value is -2.22. The Morgan fingerprint density at radius 2 is 1.74 bits per heavy atom. The maximum absolute atomic E-state index is 12.6. The number of aryl methyl sites for hydroxylation is 1. The van der Waals surface area contributed by atoms with E-state index in [9.17, 15) is 9.59 Å². The second-order valence-corrected chi connectivity index (χ2v) is 10.0. The molecule has 0 bridgehead atoms. The zero-order valence-electron chi connectivity index (χ0n) is 18.4. The molecule has 1 aliphatic heterocycles. The number of amides is 2. The minimum absolute atomic E-state index is 0.0693. The van der Waals surface area contributed by atoms with Gasteiger partial charge in [-0.15, -0.1) is 11.3 Å². The van der Waals surface area contributed by atoms with Crippen molar-refractivity contribution in [3.63, 3.8) is 0 Å². The minimum Gasteiger partial charge on any atom is -0.365 e.